The molecule has 0 aliphatic carbocycles. The van der Waals surface area contributed by atoms with E-state index < -0.39 is 0 Å². The molecule has 2 nitrogen and oxygen atoms in total. The van der Waals surface area contributed by atoms with Gasteiger partial charge in [-0.2, -0.15) is 0 Å². The summed E-state index contributed by atoms with van der Waals surface area (Å²) in [5, 5.41) is 0. The van der Waals surface area contributed by atoms with Gasteiger partial charge >= 0.3 is 0 Å². The van der Waals surface area contributed by atoms with Crippen molar-refractivity contribution in [2.45, 2.75) is 40.2 Å². The lowest BCUT2D eigenvalue weighted by atomic mass is 10.1. The van der Waals surface area contributed by atoms with Crippen molar-refractivity contribution < 1.29 is 4.79 Å². The molecule has 0 aliphatic rings. The van der Waals surface area contributed by atoms with Gasteiger partial charge in [0.1, 0.15) is 6.29 Å². The van der Waals surface area contributed by atoms with Crippen LogP contribution in [0.15, 0.2) is 18.7 Å². The van der Waals surface area contributed by atoms with Crippen molar-refractivity contribution >= 4 is 24.5 Å². The Bertz CT molecular complexity index is 504. The largest absolute Gasteiger partial charge is 0.344 e. The Balaban J connectivity index is 3.49. The summed E-state index contributed by atoms with van der Waals surface area (Å²) in [6.45, 7) is 11.2. The van der Waals surface area contributed by atoms with E-state index in [0.717, 1.165) is 30.5 Å². The lowest BCUT2D eigenvalue weighted by Crippen LogP contribution is -2.02. The molecule has 1 rings (SSSR count). The monoisotopic (exact) mass is 257 g/mol. The fourth-order valence-electron chi connectivity index (χ4n) is 2.45. The fraction of sp³-hybridized carbons (Fsp3) is 0.353. The third kappa shape index (κ3) is 3.14. The van der Waals surface area contributed by atoms with Crippen LogP contribution in [0.4, 0.5) is 0 Å². The maximum atomic E-state index is 10.4. The third-order valence-electron chi connectivity index (χ3n) is 3.19. The lowest BCUT2D eigenvalue weighted by Gasteiger charge is -2.07. The molecule has 2 heteroatoms. The Morgan fingerprint density at radius 2 is 1.95 bits per heavy atom. The SMILES string of the molecule is C=Cc1c(/C=C\C)c(CC)n(CC)c1/C=C\CC=O. The zero-order chi connectivity index (χ0) is 14.3. The second-order valence-corrected chi connectivity index (χ2v) is 4.27. The highest BCUT2D eigenvalue weighted by molar-refractivity contribution is 5.75. The number of aldehydes is 1. The molecule has 0 aliphatic heterocycles. The number of rotatable bonds is 7. The number of aromatic nitrogens is 1. The minimum Gasteiger partial charge on any atom is -0.344 e. The Morgan fingerprint density at radius 1 is 1.21 bits per heavy atom. The highest BCUT2D eigenvalue weighted by atomic mass is 16.1. The van der Waals surface area contributed by atoms with Crippen molar-refractivity contribution in [2.75, 3.05) is 0 Å². The van der Waals surface area contributed by atoms with Gasteiger partial charge in [-0.25, -0.2) is 0 Å². The van der Waals surface area contributed by atoms with Gasteiger partial charge in [-0.3, -0.25) is 0 Å². The standard InChI is InChI=1S/C17H23NO/c1-5-11-15-14(6-2)17(12-9-10-13-19)18(8-4)16(15)7-3/h5-6,9,11-13H,2,7-8,10H2,1,3-4H3/b11-5-,12-9-. The predicted molar refractivity (Wildman–Crippen MR) is 84.0 cm³/mol. The van der Waals surface area contributed by atoms with Crippen molar-refractivity contribution in [3.63, 3.8) is 0 Å². The van der Waals surface area contributed by atoms with Crippen molar-refractivity contribution in [1.82, 2.24) is 4.57 Å². The summed E-state index contributed by atoms with van der Waals surface area (Å²) < 4.78 is 2.30. The molecule has 102 valence electrons. The third-order valence-corrected chi connectivity index (χ3v) is 3.19. The van der Waals surface area contributed by atoms with Gasteiger partial charge in [0, 0.05) is 35.5 Å². The zero-order valence-corrected chi connectivity index (χ0v) is 12.1. The van der Waals surface area contributed by atoms with Crippen LogP contribution in [0.5, 0.6) is 0 Å². The molecule has 0 radical (unpaired) electrons. The molecule has 1 heterocycles. The molecule has 0 fully saturated rings. The van der Waals surface area contributed by atoms with Crippen LogP contribution in [0.1, 0.15) is 49.7 Å². The molecular formula is C17H23NO. The van der Waals surface area contributed by atoms with Crippen LogP contribution in [0.25, 0.3) is 18.2 Å². The van der Waals surface area contributed by atoms with Crippen molar-refractivity contribution in [3.05, 3.63) is 41.2 Å². The second kappa shape index (κ2) is 7.57. The average Bonchev–Trinajstić information content (AvgIpc) is 2.71. The molecule has 0 bridgehead atoms. The van der Waals surface area contributed by atoms with E-state index >= 15 is 0 Å². The van der Waals surface area contributed by atoms with Gasteiger partial charge in [-0.05, 0) is 26.3 Å². The van der Waals surface area contributed by atoms with Crippen molar-refractivity contribution in [3.8, 4) is 0 Å². The first-order valence-electron chi connectivity index (χ1n) is 6.85. The van der Waals surface area contributed by atoms with Gasteiger partial charge in [-0.15, -0.1) is 0 Å². The summed E-state index contributed by atoms with van der Waals surface area (Å²) >= 11 is 0. The molecule has 0 aromatic carbocycles. The number of carbonyl (C=O) groups excluding carboxylic acids is 1. The van der Waals surface area contributed by atoms with E-state index in [1.54, 1.807) is 0 Å². The van der Waals surface area contributed by atoms with E-state index in [1.807, 2.05) is 25.2 Å². The number of hydrogen-bond acceptors (Lipinski definition) is 1. The Morgan fingerprint density at radius 3 is 2.42 bits per heavy atom. The maximum absolute atomic E-state index is 10.4. The molecular weight excluding hydrogens is 234 g/mol. The van der Waals surface area contributed by atoms with Crippen LogP contribution < -0.4 is 0 Å². The molecule has 0 atom stereocenters. The van der Waals surface area contributed by atoms with E-state index in [4.69, 9.17) is 0 Å². The molecule has 0 spiro atoms. The maximum Gasteiger partial charge on any atom is 0.123 e. The van der Waals surface area contributed by atoms with Crippen LogP contribution in [0.3, 0.4) is 0 Å². The molecule has 0 saturated heterocycles. The number of carbonyl (C=O) groups is 1. The Kier molecular flexibility index (Phi) is 6.07. The molecule has 1 aromatic heterocycles. The van der Waals surface area contributed by atoms with E-state index in [2.05, 4.69) is 37.1 Å². The summed E-state index contributed by atoms with van der Waals surface area (Å²) in [7, 11) is 0. The van der Waals surface area contributed by atoms with Crippen LogP contribution in [-0.2, 0) is 17.8 Å². The van der Waals surface area contributed by atoms with E-state index in [9.17, 15) is 4.79 Å². The van der Waals surface area contributed by atoms with E-state index in [1.165, 1.54) is 11.3 Å². The average molecular weight is 257 g/mol. The van der Waals surface area contributed by atoms with E-state index in [0.29, 0.717) is 6.42 Å². The number of allylic oxidation sites excluding steroid dienone is 2. The van der Waals surface area contributed by atoms with Crippen LogP contribution in [0.2, 0.25) is 0 Å². The predicted octanol–water partition coefficient (Wildman–Crippen LogP) is 4.35. The molecule has 1 aromatic rings. The molecule has 0 saturated carbocycles. The van der Waals surface area contributed by atoms with Crippen LogP contribution >= 0.6 is 0 Å². The normalized spacial score (nSPS) is 11.5. The highest BCUT2D eigenvalue weighted by Gasteiger charge is 2.15. The zero-order valence-electron chi connectivity index (χ0n) is 12.1. The van der Waals surface area contributed by atoms with Gasteiger partial charge in [0.2, 0.25) is 0 Å². The topological polar surface area (TPSA) is 22.0 Å². The van der Waals surface area contributed by atoms with Gasteiger partial charge in [0.15, 0.2) is 0 Å². The summed E-state index contributed by atoms with van der Waals surface area (Å²) in [5.41, 5.74) is 4.86. The van der Waals surface area contributed by atoms with Gasteiger partial charge < -0.3 is 9.36 Å². The van der Waals surface area contributed by atoms with Crippen LogP contribution in [0, 0.1) is 0 Å². The quantitative estimate of drug-likeness (QED) is 0.666. The first kappa shape index (κ1) is 15.2. The molecule has 0 amide bonds. The first-order valence-corrected chi connectivity index (χ1v) is 6.85. The Hall–Kier alpha value is -1.83. The minimum absolute atomic E-state index is 0.450. The second-order valence-electron chi connectivity index (χ2n) is 4.27. The van der Waals surface area contributed by atoms with Gasteiger partial charge in [0.25, 0.3) is 0 Å². The number of nitrogens with zero attached hydrogens (tertiary/aromatic N) is 1. The summed E-state index contributed by atoms with van der Waals surface area (Å²) in [6.07, 6.45) is 12.4. The molecule has 0 unspecified atom stereocenters. The lowest BCUT2D eigenvalue weighted by molar-refractivity contribution is -0.107. The van der Waals surface area contributed by atoms with Crippen molar-refractivity contribution in [1.29, 1.82) is 0 Å². The van der Waals surface area contributed by atoms with Gasteiger partial charge in [-0.1, -0.05) is 37.8 Å². The highest BCUT2D eigenvalue weighted by Crippen LogP contribution is 2.27. The van der Waals surface area contributed by atoms with Crippen LogP contribution in [-0.4, -0.2) is 10.9 Å². The fourth-order valence-corrected chi connectivity index (χ4v) is 2.45. The first-order chi connectivity index (χ1) is 9.24. The van der Waals surface area contributed by atoms with Crippen molar-refractivity contribution in [2.24, 2.45) is 0 Å². The molecule has 19 heavy (non-hydrogen) atoms. The Labute approximate surface area is 116 Å². The van der Waals surface area contributed by atoms with E-state index in [-0.39, 0.29) is 0 Å². The molecule has 0 N–H and O–H groups in total. The minimum atomic E-state index is 0.450. The summed E-state index contributed by atoms with van der Waals surface area (Å²) in [4.78, 5) is 10.4. The smallest absolute Gasteiger partial charge is 0.123 e. The summed E-state index contributed by atoms with van der Waals surface area (Å²) in [6, 6.07) is 0. The summed E-state index contributed by atoms with van der Waals surface area (Å²) in [5.74, 6) is 0. The van der Waals surface area contributed by atoms with Gasteiger partial charge in [0.05, 0.1) is 0 Å². The number of hydrogen-bond donors (Lipinski definition) is 0.